The fourth-order valence-corrected chi connectivity index (χ4v) is 12.2. The van der Waals surface area contributed by atoms with E-state index in [4.69, 9.17) is 33.2 Å². The molecular weight excluding hydrogens is 1350 g/mol. The van der Waals surface area contributed by atoms with Crippen molar-refractivity contribution < 1.29 is 127 Å². The van der Waals surface area contributed by atoms with Crippen LogP contribution in [0, 0.1) is 0 Å². The number of aliphatic hydroxyl groups excluding tert-OH is 10. The third kappa shape index (κ3) is 33.3. The van der Waals surface area contributed by atoms with Crippen LogP contribution >= 0.6 is 0 Å². The highest BCUT2D eigenvalue weighted by molar-refractivity contribution is 5.90. The van der Waals surface area contributed by atoms with Gasteiger partial charge < -0.3 is 132 Å². The summed E-state index contributed by atoms with van der Waals surface area (Å²) >= 11 is 0. The van der Waals surface area contributed by atoms with Crippen LogP contribution < -0.4 is 47.9 Å². The molecule has 9 amide bonds. The lowest BCUT2D eigenvalue weighted by molar-refractivity contribution is -0.270. The van der Waals surface area contributed by atoms with E-state index in [9.17, 15) is 94.2 Å². The Balaban J connectivity index is 1.31. The molecule has 0 radical (unpaired) electrons. The van der Waals surface area contributed by atoms with Crippen LogP contribution in [-0.4, -0.2) is 293 Å². The summed E-state index contributed by atoms with van der Waals surface area (Å²) in [5.41, 5.74) is 0. The highest BCUT2D eigenvalue weighted by atomic mass is 16.7. The summed E-state index contributed by atoms with van der Waals surface area (Å²) in [4.78, 5) is 116. The molecule has 0 saturated carbocycles. The van der Waals surface area contributed by atoms with Crippen molar-refractivity contribution in [1.29, 1.82) is 0 Å². The van der Waals surface area contributed by atoms with Gasteiger partial charge in [0.2, 0.25) is 53.2 Å². The zero-order valence-electron chi connectivity index (χ0n) is 59.4. The molecule has 19 N–H and O–H groups in total. The van der Waals surface area contributed by atoms with E-state index < -0.39 is 183 Å². The van der Waals surface area contributed by atoms with Gasteiger partial charge in [0.25, 0.3) is 0 Å². The summed E-state index contributed by atoms with van der Waals surface area (Å²) in [7, 11) is 0. The van der Waals surface area contributed by atoms with Gasteiger partial charge >= 0.3 is 0 Å². The van der Waals surface area contributed by atoms with Gasteiger partial charge in [0.1, 0.15) is 91.2 Å². The second kappa shape index (κ2) is 50.1. The lowest BCUT2D eigenvalue weighted by atomic mass is 9.97. The first kappa shape index (κ1) is 88.9. The number of hydrogen-bond acceptors (Lipinski definition) is 26. The topological polar surface area (TPSA) is 529 Å². The van der Waals surface area contributed by atoms with Gasteiger partial charge in [0, 0.05) is 92.5 Å². The molecule has 4 aliphatic heterocycles. The van der Waals surface area contributed by atoms with E-state index in [2.05, 4.69) is 47.9 Å². The Hall–Kier alpha value is -5.45. The molecule has 35 nitrogen and oxygen atoms in total. The quantitative estimate of drug-likeness (QED) is 0.0257. The molecule has 4 heterocycles. The number of rotatable bonds is 51. The molecule has 4 rings (SSSR count). The van der Waals surface area contributed by atoms with Crippen LogP contribution in [0.25, 0.3) is 0 Å². The second-order valence-electron chi connectivity index (χ2n) is 26.6. The zero-order chi connectivity index (χ0) is 74.9. The van der Waals surface area contributed by atoms with Crippen LogP contribution in [0.5, 0.6) is 0 Å². The van der Waals surface area contributed by atoms with Crippen molar-refractivity contribution >= 4 is 53.2 Å². The largest absolute Gasteiger partial charge is 0.394 e. The monoisotopic (exact) mass is 1470 g/mol. The van der Waals surface area contributed by atoms with Crippen LogP contribution in [-0.2, 0) is 76.3 Å². The molecule has 0 spiro atoms. The normalized spacial score (nSPS) is 27.7. The number of unbranched alkanes of at least 4 members (excludes halogenated alkanes) is 15. The first-order valence-electron chi connectivity index (χ1n) is 36.4. The smallest absolute Gasteiger partial charge is 0.249 e. The molecule has 0 aromatic heterocycles. The Bertz CT molecular complexity index is 2480. The maximum absolute atomic E-state index is 13.9. The Labute approximate surface area is 596 Å². The van der Waals surface area contributed by atoms with Crippen molar-refractivity contribution in [2.45, 2.75) is 298 Å². The van der Waals surface area contributed by atoms with Crippen molar-refractivity contribution in [3.8, 4) is 0 Å². The minimum absolute atomic E-state index is 0.105. The number of aliphatic hydroxyl groups is 10. The van der Waals surface area contributed by atoms with Gasteiger partial charge in [-0.2, -0.15) is 0 Å². The van der Waals surface area contributed by atoms with Crippen LogP contribution in [0.15, 0.2) is 0 Å². The molecule has 0 aromatic carbocycles. The van der Waals surface area contributed by atoms with E-state index in [0.29, 0.717) is 90.0 Å². The molecule has 4 fully saturated rings. The molecule has 35 heteroatoms. The molecule has 0 aliphatic carbocycles. The number of amides is 9. The molecule has 102 heavy (non-hydrogen) atoms. The van der Waals surface area contributed by atoms with E-state index in [1.54, 1.807) is 0 Å². The maximum Gasteiger partial charge on any atom is 0.249 e. The van der Waals surface area contributed by atoms with E-state index in [0.717, 1.165) is 38.5 Å². The Morgan fingerprint density at radius 1 is 0.392 bits per heavy atom. The summed E-state index contributed by atoms with van der Waals surface area (Å²) in [5, 5.41) is 126. The maximum atomic E-state index is 13.9. The van der Waals surface area contributed by atoms with E-state index in [-0.39, 0.29) is 90.5 Å². The lowest BCUT2D eigenvalue weighted by Gasteiger charge is -2.42. The second-order valence-corrected chi connectivity index (χ2v) is 26.6. The lowest BCUT2D eigenvalue weighted by Crippen LogP contribution is -2.64. The van der Waals surface area contributed by atoms with Crippen LogP contribution in [0.1, 0.15) is 181 Å². The van der Waals surface area contributed by atoms with Crippen molar-refractivity contribution in [3.05, 3.63) is 0 Å². The number of nitrogens with one attached hydrogen (secondary N) is 9. The zero-order valence-corrected chi connectivity index (χ0v) is 59.4. The molecule has 4 saturated heterocycles. The van der Waals surface area contributed by atoms with Gasteiger partial charge in [-0.15, -0.1) is 0 Å². The number of hydrogen-bond donors (Lipinski definition) is 19. The van der Waals surface area contributed by atoms with Gasteiger partial charge in [-0.05, 0) is 64.2 Å². The highest BCUT2D eigenvalue weighted by Crippen LogP contribution is 2.26. The first-order valence-corrected chi connectivity index (χ1v) is 36.4. The third-order valence-corrected chi connectivity index (χ3v) is 18.0. The first-order chi connectivity index (χ1) is 48.9. The van der Waals surface area contributed by atoms with Crippen LogP contribution in [0.2, 0.25) is 0 Å². The van der Waals surface area contributed by atoms with Crippen molar-refractivity contribution in [1.82, 2.24) is 47.9 Å². The molecule has 0 bridgehead atoms. The fourth-order valence-electron chi connectivity index (χ4n) is 12.2. The van der Waals surface area contributed by atoms with Gasteiger partial charge in [0.15, 0.2) is 18.9 Å². The fraction of sp³-hybridized carbons (Fsp3) is 0.866. The Kier molecular flexibility index (Phi) is 43.7. The summed E-state index contributed by atoms with van der Waals surface area (Å²) < 4.78 is 39.5. The average molecular weight is 1470 g/mol. The third-order valence-electron chi connectivity index (χ3n) is 18.0. The van der Waals surface area contributed by atoms with Crippen molar-refractivity contribution in [2.24, 2.45) is 0 Å². The number of carbonyl (C=O) groups is 9. The molecular formula is C67H119N9O26. The van der Waals surface area contributed by atoms with Gasteiger partial charge in [-0.1, -0.05) is 70.6 Å². The standard InChI is InChI=1S/C67H119N9O26/c1-40(80)72-53-59(90)56(87)47(36-77)100-65(53)96-32-20-12-9-16-28-68-50(84)26-24-44(62(93)69-29-18-10-13-21-33-97-66-54(73-41(2)81)60(91)57(88)48(37-78)101-66)76-52(86)27-25-45(75-51(85)23-15-7-5-4-6-8-17-31-71-64(95)46-35-43(83)39-99-46)63(94)70-30-19-11-14-22-34-98-67-55(74-42(3)82)61(92)58(89)49(38-79)102-67/h43-49,53-61,65-67,77-79,83,87-92H,4-39H2,1-3H3,(H,68,84)(H,69,93)(H,70,94)(H,71,95)(H,72,80)(H,73,81)(H,74,82)(H,75,85)(H,76,86)/t43-,44?,45?,46-,47?,48?,49?,53?,54?,55?,56?,57?,58?,59?,60?,61?,65?,66?,67?/m1/s1. The molecule has 17 unspecified atom stereocenters. The summed E-state index contributed by atoms with van der Waals surface area (Å²) in [6.07, 6.45) is -4.67. The van der Waals surface area contributed by atoms with E-state index >= 15 is 0 Å². The predicted molar refractivity (Wildman–Crippen MR) is 361 cm³/mol. The molecule has 0 aromatic rings. The van der Waals surface area contributed by atoms with Crippen LogP contribution in [0.4, 0.5) is 0 Å². The van der Waals surface area contributed by atoms with Gasteiger partial charge in [-0.25, -0.2) is 0 Å². The minimum atomic E-state index is -1.46. The minimum Gasteiger partial charge on any atom is -0.394 e. The SMILES string of the molecule is CC(=O)NC1C(OCCCCCCNC(=O)CCC(NC(=O)CCC(NC(=O)CCCCCCCCCNC(=O)[C@H]2C[C@@H](O)CO2)C(=O)NCCCCCCOC2OC(CO)C(O)C(O)C2NC(C)=O)C(=O)NCCCCCCOC2OC(CO)C(O)C(O)C2NC(C)=O)OC(CO)C(O)C1O. The van der Waals surface area contributed by atoms with Crippen LogP contribution in [0.3, 0.4) is 0 Å². The number of carbonyl (C=O) groups excluding carboxylic acids is 9. The van der Waals surface area contributed by atoms with Crippen molar-refractivity contribution in [2.75, 3.05) is 72.4 Å². The van der Waals surface area contributed by atoms with Gasteiger partial charge in [-0.3, -0.25) is 43.2 Å². The summed E-state index contributed by atoms with van der Waals surface area (Å²) in [5.74, 6) is -4.22. The van der Waals surface area contributed by atoms with E-state index in [1.165, 1.54) is 20.8 Å². The molecule has 19 atom stereocenters. The summed E-state index contributed by atoms with van der Waals surface area (Å²) in [6.45, 7) is 3.68. The Morgan fingerprint density at radius 3 is 1.07 bits per heavy atom. The average Bonchev–Trinajstić information content (AvgIpc) is 1.32. The van der Waals surface area contributed by atoms with Gasteiger partial charge in [0.05, 0.1) is 32.5 Å². The molecule has 588 valence electrons. The molecule has 4 aliphatic rings. The summed E-state index contributed by atoms with van der Waals surface area (Å²) in [6, 6.07) is -5.59. The number of ether oxygens (including phenoxy) is 7. The predicted octanol–water partition coefficient (Wildman–Crippen LogP) is -4.19. The highest BCUT2D eigenvalue weighted by Gasteiger charge is 2.48. The van der Waals surface area contributed by atoms with E-state index in [1.807, 2.05) is 0 Å². The Morgan fingerprint density at radius 2 is 0.716 bits per heavy atom. The van der Waals surface area contributed by atoms with Crippen molar-refractivity contribution in [3.63, 3.8) is 0 Å².